The number of ketones is 1. The number of rotatable bonds is 1. The van der Waals surface area contributed by atoms with Crippen LogP contribution in [0.15, 0.2) is 0 Å². The van der Waals surface area contributed by atoms with Crippen molar-refractivity contribution < 1.29 is 4.79 Å². The molecule has 0 N–H and O–H groups in total. The molecule has 3 atom stereocenters. The first-order chi connectivity index (χ1) is 5.70. The second-order valence-corrected chi connectivity index (χ2v) is 4.27. The van der Waals surface area contributed by atoms with Crippen LogP contribution in [0.1, 0.15) is 32.6 Å². The van der Waals surface area contributed by atoms with Crippen molar-refractivity contribution in [1.82, 2.24) is 4.90 Å². The number of carbonyl (C=O) groups is 1. The lowest BCUT2D eigenvalue weighted by Gasteiger charge is -2.50. The van der Waals surface area contributed by atoms with Gasteiger partial charge in [0.15, 0.2) is 0 Å². The first kappa shape index (κ1) is 8.24. The average molecular weight is 167 g/mol. The maximum absolute atomic E-state index is 11.2. The summed E-state index contributed by atoms with van der Waals surface area (Å²) in [7, 11) is 2.11. The van der Waals surface area contributed by atoms with E-state index in [1.54, 1.807) is 6.92 Å². The Morgan fingerprint density at radius 3 is 2.42 bits per heavy atom. The molecule has 2 fully saturated rings. The largest absolute Gasteiger partial charge is 0.298 e. The molecular weight excluding hydrogens is 150 g/mol. The molecule has 0 radical (unpaired) electrons. The third kappa shape index (κ3) is 1.09. The van der Waals surface area contributed by atoms with Crippen molar-refractivity contribution in [3.05, 3.63) is 0 Å². The minimum Gasteiger partial charge on any atom is -0.298 e. The molecule has 0 aromatic carbocycles. The van der Waals surface area contributed by atoms with E-state index in [0.29, 0.717) is 5.78 Å². The lowest BCUT2D eigenvalue weighted by atomic mass is 9.71. The van der Waals surface area contributed by atoms with Crippen molar-refractivity contribution in [2.45, 2.75) is 44.7 Å². The zero-order valence-electron chi connectivity index (χ0n) is 7.92. The SMILES string of the molecule is CC(=O)C1CCC2CCC2N1C. The molecule has 2 aliphatic rings. The number of likely N-dealkylation sites (N-methyl/N-ethyl adjacent to an activating group) is 1. The van der Waals surface area contributed by atoms with E-state index in [4.69, 9.17) is 0 Å². The highest BCUT2D eigenvalue weighted by Gasteiger charge is 2.41. The topological polar surface area (TPSA) is 20.3 Å². The first-order valence-electron chi connectivity index (χ1n) is 4.92. The summed E-state index contributed by atoms with van der Waals surface area (Å²) >= 11 is 0. The predicted molar refractivity (Wildman–Crippen MR) is 48.0 cm³/mol. The van der Waals surface area contributed by atoms with Gasteiger partial charge in [-0.2, -0.15) is 0 Å². The molecule has 0 amide bonds. The zero-order valence-corrected chi connectivity index (χ0v) is 7.92. The van der Waals surface area contributed by atoms with Crippen molar-refractivity contribution in [3.63, 3.8) is 0 Å². The molecule has 0 bridgehead atoms. The van der Waals surface area contributed by atoms with Gasteiger partial charge in [0, 0.05) is 6.04 Å². The highest BCUT2D eigenvalue weighted by atomic mass is 16.1. The van der Waals surface area contributed by atoms with Crippen LogP contribution in [0.5, 0.6) is 0 Å². The molecule has 0 aromatic heterocycles. The number of fused-ring (bicyclic) bond motifs is 1. The molecule has 68 valence electrons. The molecule has 2 nitrogen and oxygen atoms in total. The van der Waals surface area contributed by atoms with E-state index in [1.807, 2.05) is 0 Å². The summed E-state index contributed by atoms with van der Waals surface area (Å²) < 4.78 is 0. The summed E-state index contributed by atoms with van der Waals surface area (Å²) in [6.07, 6.45) is 5.07. The summed E-state index contributed by atoms with van der Waals surface area (Å²) in [5, 5.41) is 0. The van der Waals surface area contributed by atoms with Crippen LogP contribution >= 0.6 is 0 Å². The lowest BCUT2D eigenvalue weighted by Crippen LogP contribution is -2.55. The van der Waals surface area contributed by atoms with Gasteiger partial charge in [-0.25, -0.2) is 0 Å². The van der Waals surface area contributed by atoms with Crippen molar-refractivity contribution in [1.29, 1.82) is 0 Å². The maximum Gasteiger partial charge on any atom is 0.146 e. The molecule has 0 spiro atoms. The summed E-state index contributed by atoms with van der Waals surface area (Å²) in [6.45, 7) is 1.72. The number of hydrogen-bond donors (Lipinski definition) is 0. The van der Waals surface area contributed by atoms with E-state index in [9.17, 15) is 4.79 Å². The number of likely N-dealkylation sites (tertiary alicyclic amines) is 1. The van der Waals surface area contributed by atoms with Crippen molar-refractivity contribution in [2.75, 3.05) is 7.05 Å². The van der Waals surface area contributed by atoms with E-state index >= 15 is 0 Å². The van der Waals surface area contributed by atoms with E-state index < -0.39 is 0 Å². The molecule has 12 heavy (non-hydrogen) atoms. The van der Waals surface area contributed by atoms with Crippen LogP contribution in [0, 0.1) is 5.92 Å². The van der Waals surface area contributed by atoms with Crippen LogP contribution in [0.3, 0.4) is 0 Å². The Kier molecular flexibility index (Phi) is 1.95. The van der Waals surface area contributed by atoms with Crippen LogP contribution < -0.4 is 0 Å². The van der Waals surface area contributed by atoms with Crippen molar-refractivity contribution in [3.8, 4) is 0 Å². The van der Waals surface area contributed by atoms with Gasteiger partial charge < -0.3 is 0 Å². The molecular formula is C10H17NO. The second kappa shape index (κ2) is 2.84. The minimum atomic E-state index is 0.228. The Balaban J connectivity index is 2.04. The second-order valence-electron chi connectivity index (χ2n) is 4.27. The highest BCUT2D eigenvalue weighted by molar-refractivity contribution is 5.81. The van der Waals surface area contributed by atoms with Crippen molar-refractivity contribution in [2.24, 2.45) is 5.92 Å². The summed E-state index contributed by atoms with van der Waals surface area (Å²) in [5.74, 6) is 1.26. The van der Waals surface area contributed by atoms with Crippen LogP contribution in [-0.4, -0.2) is 29.8 Å². The van der Waals surface area contributed by atoms with Crippen LogP contribution in [0.2, 0.25) is 0 Å². The van der Waals surface area contributed by atoms with Gasteiger partial charge in [0.25, 0.3) is 0 Å². The highest BCUT2D eigenvalue weighted by Crippen LogP contribution is 2.40. The maximum atomic E-state index is 11.2. The van der Waals surface area contributed by atoms with Gasteiger partial charge in [-0.05, 0) is 45.6 Å². The Bertz CT molecular complexity index is 202. The van der Waals surface area contributed by atoms with Crippen molar-refractivity contribution >= 4 is 5.78 Å². The standard InChI is InChI=1S/C10H17NO/c1-7(12)9-5-3-8-4-6-10(8)11(9)2/h8-10H,3-6H2,1-2H3. The summed E-state index contributed by atoms with van der Waals surface area (Å²) in [6, 6.07) is 0.958. The Morgan fingerprint density at radius 2 is 1.92 bits per heavy atom. The van der Waals surface area contributed by atoms with Gasteiger partial charge >= 0.3 is 0 Å². The molecule has 2 rings (SSSR count). The fourth-order valence-electron chi connectivity index (χ4n) is 2.72. The van der Waals surface area contributed by atoms with Gasteiger partial charge in [0.2, 0.25) is 0 Å². The fraction of sp³-hybridized carbons (Fsp3) is 0.900. The number of hydrogen-bond acceptors (Lipinski definition) is 2. The molecule has 1 heterocycles. The van der Waals surface area contributed by atoms with E-state index in [1.165, 1.54) is 19.3 Å². The monoisotopic (exact) mass is 167 g/mol. The zero-order chi connectivity index (χ0) is 8.72. The Hall–Kier alpha value is -0.370. The summed E-state index contributed by atoms with van der Waals surface area (Å²) in [5.41, 5.74) is 0. The van der Waals surface area contributed by atoms with Crippen LogP contribution in [0.4, 0.5) is 0 Å². The quantitative estimate of drug-likeness (QED) is 0.589. The predicted octanol–water partition coefficient (Wildman–Crippen LogP) is 1.45. The number of Topliss-reactive ketones (excluding diaryl/α,β-unsaturated/α-hetero) is 1. The Morgan fingerprint density at radius 1 is 1.25 bits per heavy atom. The number of nitrogens with zero attached hydrogens (tertiary/aromatic N) is 1. The van der Waals surface area contributed by atoms with Crippen LogP contribution in [0.25, 0.3) is 0 Å². The minimum absolute atomic E-state index is 0.228. The van der Waals surface area contributed by atoms with Gasteiger partial charge in [-0.3, -0.25) is 9.69 Å². The molecule has 1 aliphatic heterocycles. The molecule has 3 unspecified atom stereocenters. The molecule has 1 saturated carbocycles. The van der Waals surface area contributed by atoms with Gasteiger partial charge in [0.1, 0.15) is 5.78 Å². The van der Waals surface area contributed by atoms with Gasteiger partial charge in [0.05, 0.1) is 6.04 Å². The first-order valence-corrected chi connectivity index (χ1v) is 4.92. The van der Waals surface area contributed by atoms with Crippen LogP contribution in [-0.2, 0) is 4.79 Å². The number of piperidine rings is 1. The smallest absolute Gasteiger partial charge is 0.146 e. The molecule has 2 heteroatoms. The third-order valence-electron chi connectivity index (χ3n) is 3.67. The van der Waals surface area contributed by atoms with E-state index in [2.05, 4.69) is 11.9 Å². The van der Waals surface area contributed by atoms with Gasteiger partial charge in [-0.15, -0.1) is 0 Å². The van der Waals surface area contributed by atoms with E-state index in [0.717, 1.165) is 18.4 Å². The fourth-order valence-corrected chi connectivity index (χ4v) is 2.72. The molecule has 1 saturated heterocycles. The van der Waals surface area contributed by atoms with Gasteiger partial charge in [-0.1, -0.05) is 0 Å². The Labute approximate surface area is 73.9 Å². The average Bonchev–Trinajstić information content (AvgIpc) is 1.92. The lowest BCUT2D eigenvalue weighted by molar-refractivity contribution is -0.127. The third-order valence-corrected chi connectivity index (χ3v) is 3.67. The molecule has 1 aliphatic carbocycles. The normalized spacial score (nSPS) is 41.7. The van der Waals surface area contributed by atoms with E-state index in [-0.39, 0.29) is 6.04 Å². The molecule has 0 aromatic rings. The summed E-state index contributed by atoms with van der Waals surface area (Å²) in [4.78, 5) is 13.5. The number of carbonyl (C=O) groups excluding carboxylic acids is 1.